The van der Waals surface area contributed by atoms with Gasteiger partial charge in [-0.3, -0.25) is 0 Å². The van der Waals surface area contributed by atoms with Gasteiger partial charge >= 0.3 is 5.97 Å². The van der Waals surface area contributed by atoms with Gasteiger partial charge in [0.15, 0.2) is 5.69 Å². The molecule has 5 heteroatoms. The van der Waals surface area contributed by atoms with E-state index < -0.39 is 5.97 Å². The zero-order valence-corrected chi connectivity index (χ0v) is 13.5. The summed E-state index contributed by atoms with van der Waals surface area (Å²) in [6.45, 7) is 2.01. The van der Waals surface area contributed by atoms with Crippen molar-refractivity contribution in [1.29, 1.82) is 0 Å². The monoisotopic (exact) mass is 326 g/mol. The van der Waals surface area contributed by atoms with Crippen molar-refractivity contribution in [3.63, 3.8) is 0 Å². The minimum absolute atomic E-state index is 0.264. The topological polar surface area (TPSA) is 51.2 Å². The van der Waals surface area contributed by atoms with Crippen LogP contribution in [0.15, 0.2) is 48.5 Å². The lowest BCUT2D eigenvalue weighted by atomic mass is 10.1. The van der Waals surface area contributed by atoms with Gasteiger partial charge in [0.1, 0.15) is 0 Å². The molecular formula is C18H15ClN2O2. The maximum absolute atomic E-state index is 11.8. The van der Waals surface area contributed by atoms with Gasteiger partial charge in [-0.15, -0.1) is 0 Å². The van der Waals surface area contributed by atoms with Crippen LogP contribution in [0.25, 0.3) is 10.9 Å². The number of pyridine rings is 1. The average molecular weight is 327 g/mol. The van der Waals surface area contributed by atoms with E-state index in [0.29, 0.717) is 5.02 Å². The zero-order valence-electron chi connectivity index (χ0n) is 12.8. The largest absolute Gasteiger partial charge is 0.464 e. The van der Waals surface area contributed by atoms with Crippen molar-refractivity contribution in [2.24, 2.45) is 0 Å². The van der Waals surface area contributed by atoms with Crippen molar-refractivity contribution in [2.75, 3.05) is 12.4 Å². The van der Waals surface area contributed by atoms with E-state index in [1.165, 1.54) is 7.11 Å². The van der Waals surface area contributed by atoms with Gasteiger partial charge in [0.05, 0.1) is 18.3 Å². The summed E-state index contributed by atoms with van der Waals surface area (Å²) in [5.74, 6) is -0.466. The molecule has 0 saturated heterocycles. The molecule has 116 valence electrons. The predicted octanol–water partition coefficient (Wildman–Crippen LogP) is 4.73. The number of rotatable bonds is 3. The van der Waals surface area contributed by atoms with Gasteiger partial charge in [-0.25, -0.2) is 9.78 Å². The Morgan fingerprint density at radius 2 is 1.87 bits per heavy atom. The maximum atomic E-state index is 11.8. The van der Waals surface area contributed by atoms with Crippen LogP contribution in [0.4, 0.5) is 11.4 Å². The molecule has 1 aromatic heterocycles. The normalized spacial score (nSPS) is 10.6. The van der Waals surface area contributed by atoms with E-state index in [2.05, 4.69) is 10.3 Å². The number of benzene rings is 2. The Bertz CT molecular complexity index is 876. The highest BCUT2D eigenvalue weighted by molar-refractivity contribution is 6.30. The maximum Gasteiger partial charge on any atom is 0.356 e. The van der Waals surface area contributed by atoms with E-state index in [9.17, 15) is 4.79 Å². The van der Waals surface area contributed by atoms with Gasteiger partial charge in [-0.1, -0.05) is 23.2 Å². The molecule has 0 atom stereocenters. The third kappa shape index (κ3) is 3.27. The second kappa shape index (κ2) is 6.26. The fourth-order valence-corrected chi connectivity index (χ4v) is 2.47. The summed E-state index contributed by atoms with van der Waals surface area (Å²) in [7, 11) is 1.34. The highest BCUT2D eigenvalue weighted by Gasteiger charge is 2.13. The van der Waals surface area contributed by atoms with Crippen LogP contribution in [0.3, 0.4) is 0 Å². The number of halogens is 1. The number of esters is 1. The van der Waals surface area contributed by atoms with Crippen LogP contribution in [0.2, 0.25) is 5.02 Å². The summed E-state index contributed by atoms with van der Waals surface area (Å²) in [5, 5.41) is 4.92. The summed E-state index contributed by atoms with van der Waals surface area (Å²) in [5.41, 5.74) is 3.78. The van der Waals surface area contributed by atoms with Crippen LogP contribution in [0.1, 0.15) is 16.1 Å². The Morgan fingerprint density at radius 3 is 2.57 bits per heavy atom. The molecule has 0 saturated carbocycles. The number of carbonyl (C=O) groups is 1. The van der Waals surface area contributed by atoms with Crippen molar-refractivity contribution < 1.29 is 9.53 Å². The Labute approximate surface area is 139 Å². The Morgan fingerprint density at radius 1 is 1.13 bits per heavy atom. The van der Waals surface area contributed by atoms with Crippen molar-refractivity contribution in [3.05, 3.63) is 64.8 Å². The van der Waals surface area contributed by atoms with Crippen LogP contribution in [-0.4, -0.2) is 18.1 Å². The van der Waals surface area contributed by atoms with Gasteiger partial charge < -0.3 is 10.1 Å². The van der Waals surface area contributed by atoms with Gasteiger partial charge in [0.25, 0.3) is 0 Å². The molecule has 3 aromatic rings. The third-order valence-corrected chi connectivity index (χ3v) is 3.73. The molecular weight excluding hydrogens is 312 g/mol. The fraction of sp³-hybridized carbons (Fsp3) is 0.111. The zero-order chi connectivity index (χ0) is 16.4. The van der Waals surface area contributed by atoms with Gasteiger partial charge in [-0.2, -0.15) is 0 Å². The highest BCUT2D eigenvalue weighted by Crippen LogP contribution is 2.28. The Hall–Kier alpha value is -2.59. The molecule has 2 aromatic carbocycles. The van der Waals surface area contributed by atoms with E-state index in [1.54, 1.807) is 18.2 Å². The van der Waals surface area contributed by atoms with E-state index in [-0.39, 0.29) is 5.69 Å². The quantitative estimate of drug-likeness (QED) is 0.707. The first kappa shape index (κ1) is 15.3. The SMILES string of the molecule is COC(=O)c1cc(Nc2ccc(Cl)cc2)c2cc(C)ccc2n1. The smallest absolute Gasteiger partial charge is 0.356 e. The van der Waals surface area contributed by atoms with Crippen LogP contribution in [-0.2, 0) is 4.74 Å². The number of aromatic nitrogens is 1. The number of hydrogen-bond donors (Lipinski definition) is 1. The van der Waals surface area contributed by atoms with Crippen LogP contribution in [0.5, 0.6) is 0 Å². The summed E-state index contributed by atoms with van der Waals surface area (Å²) < 4.78 is 4.78. The molecule has 0 radical (unpaired) electrons. The predicted molar refractivity (Wildman–Crippen MR) is 92.6 cm³/mol. The number of carbonyl (C=O) groups excluding carboxylic acids is 1. The van der Waals surface area contributed by atoms with Crippen molar-refractivity contribution in [2.45, 2.75) is 6.92 Å². The van der Waals surface area contributed by atoms with Crippen LogP contribution >= 0.6 is 11.6 Å². The third-order valence-electron chi connectivity index (χ3n) is 3.48. The molecule has 1 heterocycles. The minimum atomic E-state index is -0.466. The number of fused-ring (bicyclic) bond motifs is 1. The minimum Gasteiger partial charge on any atom is -0.464 e. The number of nitrogens with one attached hydrogen (secondary N) is 1. The van der Waals surface area contributed by atoms with Gasteiger partial charge in [-0.05, 0) is 49.4 Å². The summed E-state index contributed by atoms with van der Waals surface area (Å²) in [6.07, 6.45) is 0. The van der Waals surface area contributed by atoms with Crippen molar-refractivity contribution in [3.8, 4) is 0 Å². The van der Waals surface area contributed by atoms with E-state index in [0.717, 1.165) is 27.8 Å². The molecule has 0 unspecified atom stereocenters. The van der Waals surface area contributed by atoms with E-state index in [1.807, 2.05) is 37.3 Å². The lowest BCUT2D eigenvalue weighted by Crippen LogP contribution is -2.06. The van der Waals surface area contributed by atoms with Crippen molar-refractivity contribution in [1.82, 2.24) is 4.98 Å². The number of anilines is 2. The molecule has 0 amide bonds. The second-order valence-electron chi connectivity index (χ2n) is 5.20. The van der Waals surface area contributed by atoms with Gasteiger partial charge in [0.2, 0.25) is 0 Å². The number of aryl methyl sites for hydroxylation is 1. The van der Waals surface area contributed by atoms with Crippen LogP contribution < -0.4 is 5.32 Å². The second-order valence-corrected chi connectivity index (χ2v) is 5.64. The van der Waals surface area contributed by atoms with Crippen molar-refractivity contribution >= 4 is 39.8 Å². The first-order valence-corrected chi connectivity index (χ1v) is 7.47. The Balaban J connectivity index is 2.13. The van der Waals surface area contributed by atoms with Crippen LogP contribution in [0, 0.1) is 6.92 Å². The molecule has 0 aliphatic heterocycles. The molecule has 23 heavy (non-hydrogen) atoms. The number of methoxy groups -OCH3 is 1. The summed E-state index contributed by atoms with van der Waals surface area (Å²) in [6, 6.07) is 14.9. The Kier molecular flexibility index (Phi) is 4.17. The standard InChI is InChI=1S/C18H15ClN2O2/c1-11-3-8-15-14(9-11)16(10-17(21-15)18(22)23-2)20-13-6-4-12(19)5-7-13/h3-10H,1-2H3,(H,20,21). The molecule has 0 bridgehead atoms. The summed E-state index contributed by atoms with van der Waals surface area (Å²) >= 11 is 5.92. The van der Waals surface area contributed by atoms with E-state index in [4.69, 9.17) is 16.3 Å². The number of hydrogen-bond acceptors (Lipinski definition) is 4. The molecule has 0 aliphatic rings. The average Bonchev–Trinajstić information content (AvgIpc) is 2.56. The molecule has 3 rings (SSSR count). The molecule has 1 N–H and O–H groups in total. The molecule has 4 nitrogen and oxygen atoms in total. The molecule has 0 fully saturated rings. The molecule has 0 spiro atoms. The summed E-state index contributed by atoms with van der Waals surface area (Å²) in [4.78, 5) is 16.2. The van der Waals surface area contributed by atoms with E-state index >= 15 is 0 Å². The molecule has 0 aliphatic carbocycles. The fourth-order valence-electron chi connectivity index (χ4n) is 2.34. The first-order valence-electron chi connectivity index (χ1n) is 7.09. The number of nitrogens with zero attached hydrogens (tertiary/aromatic N) is 1. The lowest BCUT2D eigenvalue weighted by Gasteiger charge is -2.12. The highest BCUT2D eigenvalue weighted by atomic mass is 35.5. The number of ether oxygens (including phenoxy) is 1. The van der Waals surface area contributed by atoms with Gasteiger partial charge in [0, 0.05) is 16.1 Å². The first-order chi connectivity index (χ1) is 11.1. The lowest BCUT2D eigenvalue weighted by molar-refractivity contribution is 0.0594.